The van der Waals surface area contributed by atoms with E-state index in [1.54, 1.807) is 15.9 Å². The van der Waals surface area contributed by atoms with Crippen molar-refractivity contribution in [3.8, 4) is 11.1 Å². The van der Waals surface area contributed by atoms with Crippen molar-refractivity contribution in [2.24, 2.45) is 0 Å². The van der Waals surface area contributed by atoms with Gasteiger partial charge < -0.3 is 9.64 Å². The van der Waals surface area contributed by atoms with Crippen molar-refractivity contribution < 1.29 is 14.3 Å². The van der Waals surface area contributed by atoms with Crippen molar-refractivity contribution in [1.82, 2.24) is 4.90 Å². The van der Waals surface area contributed by atoms with E-state index < -0.39 is 11.7 Å². The molecule has 1 atom stereocenters. The molecule has 0 N–H and O–H groups in total. The number of para-hydroxylation sites is 1. The summed E-state index contributed by atoms with van der Waals surface area (Å²) in [5.74, 6) is -0.199. The van der Waals surface area contributed by atoms with E-state index in [4.69, 9.17) is 16.3 Å². The summed E-state index contributed by atoms with van der Waals surface area (Å²) in [6, 6.07) is 22.8. The molecule has 2 amide bonds. The van der Waals surface area contributed by atoms with Gasteiger partial charge in [0.2, 0.25) is 0 Å². The molecule has 4 rings (SSSR count). The Labute approximate surface area is 205 Å². The fraction of sp³-hybridized carbons (Fsp3) is 0.286. The standard InChI is InChI=1S/C28H29ClN2O3/c1-19-17-31(25-13-9-8-12-22(25)18-30(19)27(33)34-28(2,3)4)26(32)23-15-14-21(16-24(23)29)20-10-6-5-7-11-20/h5-16,19H,17-18H2,1-4H3/t19-/m1/s1. The molecule has 0 aliphatic carbocycles. The Balaban J connectivity index is 1.66. The summed E-state index contributed by atoms with van der Waals surface area (Å²) in [5, 5.41) is 0.393. The number of fused-ring (bicyclic) bond motifs is 1. The zero-order valence-electron chi connectivity index (χ0n) is 19.9. The van der Waals surface area contributed by atoms with Crippen LogP contribution in [-0.4, -0.2) is 35.1 Å². The maximum atomic E-state index is 13.7. The summed E-state index contributed by atoms with van der Waals surface area (Å²) in [6.45, 7) is 8.15. The van der Waals surface area contributed by atoms with Crippen LogP contribution >= 0.6 is 11.6 Å². The Hall–Kier alpha value is -3.31. The minimum absolute atomic E-state index is 0.199. The normalized spacial score (nSPS) is 16.0. The molecule has 176 valence electrons. The van der Waals surface area contributed by atoms with Crippen LogP contribution in [0.15, 0.2) is 72.8 Å². The Morgan fingerprint density at radius 2 is 1.62 bits per heavy atom. The summed E-state index contributed by atoms with van der Waals surface area (Å²) in [4.78, 5) is 30.1. The zero-order chi connectivity index (χ0) is 24.5. The number of nitrogens with zero attached hydrogens (tertiary/aromatic N) is 2. The molecule has 1 aliphatic rings. The molecule has 0 fully saturated rings. The van der Waals surface area contributed by atoms with E-state index >= 15 is 0 Å². The molecule has 1 heterocycles. The van der Waals surface area contributed by atoms with Gasteiger partial charge in [0.05, 0.1) is 23.2 Å². The van der Waals surface area contributed by atoms with Gasteiger partial charge in [-0.15, -0.1) is 0 Å². The summed E-state index contributed by atoms with van der Waals surface area (Å²) >= 11 is 6.62. The molecule has 0 bridgehead atoms. The predicted molar refractivity (Wildman–Crippen MR) is 136 cm³/mol. The number of ether oxygens (including phenoxy) is 1. The van der Waals surface area contributed by atoms with Gasteiger partial charge in [0.25, 0.3) is 5.91 Å². The van der Waals surface area contributed by atoms with E-state index in [0.29, 0.717) is 23.7 Å². The molecule has 0 radical (unpaired) electrons. The number of carbonyl (C=O) groups is 2. The van der Waals surface area contributed by atoms with E-state index in [1.165, 1.54) is 0 Å². The van der Waals surface area contributed by atoms with E-state index in [2.05, 4.69) is 0 Å². The molecule has 3 aromatic rings. The van der Waals surface area contributed by atoms with E-state index in [0.717, 1.165) is 22.4 Å². The van der Waals surface area contributed by atoms with Crippen LogP contribution in [0.5, 0.6) is 0 Å². The minimum Gasteiger partial charge on any atom is -0.444 e. The van der Waals surface area contributed by atoms with Crippen molar-refractivity contribution in [1.29, 1.82) is 0 Å². The van der Waals surface area contributed by atoms with Gasteiger partial charge in [0.15, 0.2) is 0 Å². The lowest BCUT2D eigenvalue weighted by molar-refractivity contribution is 0.0167. The van der Waals surface area contributed by atoms with E-state index in [1.807, 2.05) is 94.4 Å². The number of anilines is 1. The topological polar surface area (TPSA) is 49.9 Å². The van der Waals surface area contributed by atoms with E-state index in [9.17, 15) is 9.59 Å². The van der Waals surface area contributed by atoms with Crippen molar-refractivity contribution in [2.45, 2.75) is 45.9 Å². The van der Waals surface area contributed by atoms with Crippen LogP contribution < -0.4 is 4.90 Å². The molecule has 1 aliphatic heterocycles. The highest BCUT2D eigenvalue weighted by molar-refractivity contribution is 6.35. The van der Waals surface area contributed by atoms with Gasteiger partial charge in [-0.1, -0.05) is 66.2 Å². The lowest BCUT2D eigenvalue weighted by Crippen LogP contribution is -2.46. The Morgan fingerprint density at radius 3 is 2.29 bits per heavy atom. The lowest BCUT2D eigenvalue weighted by atomic mass is 10.0. The van der Waals surface area contributed by atoms with Gasteiger partial charge >= 0.3 is 6.09 Å². The summed E-state index contributed by atoms with van der Waals surface area (Å²) in [6.07, 6.45) is -0.394. The molecule has 0 saturated carbocycles. The minimum atomic E-state index is -0.605. The van der Waals surface area contributed by atoms with Gasteiger partial charge in [0, 0.05) is 12.2 Å². The third-order valence-corrected chi connectivity index (χ3v) is 6.09. The first-order valence-electron chi connectivity index (χ1n) is 11.4. The first kappa shape index (κ1) is 23.8. The summed E-state index contributed by atoms with van der Waals surface area (Å²) < 4.78 is 5.64. The largest absolute Gasteiger partial charge is 0.444 e. The fourth-order valence-electron chi connectivity index (χ4n) is 4.11. The van der Waals surface area contributed by atoms with Crippen molar-refractivity contribution in [2.75, 3.05) is 11.4 Å². The average Bonchev–Trinajstić information content (AvgIpc) is 2.95. The Morgan fingerprint density at radius 1 is 0.941 bits per heavy atom. The maximum Gasteiger partial charge on any atom is 0.410 e. The molecule has 0 saturated heterocycles. The van der Waals surface area contributed by atoms with Gasteiger partial charge in [-0.25, -0.2) is 4.79 Å². The molecule has 0 aromatic heterocycles. The zero-order valence-corrected chi connectivity index (χ0v) is 20.7. The summed E-state index contributed by atoms with van der Waals surface area (Å²) in [7, 11) is 0. The molecule has 5 nitrogen and oxygen atoms in total. The second-order valence-electron chi connectivity index (χ2n) is 9.56. The quantitative estimate of drug-likeness (QED) is 0.409. The number of hydrogen-bond acceptors (Lipinski definition) is 3. The maximum absolute atomic E-state index is 13.7. The highest BCUT2D eigenvalue weighted by Gasteiger charge is 2.34. The van der Waals surface area contributed by atoms with E-state index in [-0.39, 0.29) is 11.9 Å². The third kappa shape index (κ3) is 5.10. The van der Waals surface area contributed by atoms with Gasteiger partial charge in [-0.05, 0) is 62.6 Å². The van der Waals surface area contributed by atoms with Gasteiger partial charge in [-0.2, -0.15) is 0 Å². The monoisotopic (exact) mass is 476 g/mol. The fourth-order valence-corrected chi connectivity index (χ4v) is 4.37. The highest BCUT2D eigenvalue weighted by Crippen LogP contribution is 2.32. The Bertz CT molecular complexity index is 1200. The highest BCUT2D eigenvalue weighted by atomic mass is 35.5. The second kappa shape index (κ2) is 9.51. The molecular weight excluding hydrogens is 448 g/mol. The number of halogens is 1. The smallest absolute Gasteiger partial charge is 0.410 e. The van der Waals surface area contributed by atoms with Crippen LogP contribution in [-0.2, 0) is 11.3 Å². The average molecular weight is 477 g/mol. The first-order chi connectivity index (χ1) is 16.1. The molecular formula is C28H29ClN2O3. The van der Waals surface area contributed by atoms with Crippen LogP contribution in [0.25, 0.3) is 11.1 Å². The molecule has 6 heteroatoms. The predicted octanol–water partition coefficient (Wildman–Crippen LogP) is 6.79. The van der Waals surface area contributed by atoms with Gasteiger partial charge in [-0.3, -0.25) is 9.69 Å². The van der Waals surface area contributed by atoms with Crippen molar-refractivity contribution in [3.05, 3.63) is 88.9 Å². The van der Waals surface area contributed by atoms with Crippen molar-refractivity contribution in [3.63, 3.8) is 0 Å². The first-order valence-corrected chi connectivity index (χ1v) is 11.8. The van der Waals surface area contributed by atoms with Crippen LogP contribution in [0.4, 0.5) is 10.5 Å². The lowest BCUT2D eigenvalue weighted by Gasteiger charge is -2.31. The van der Waals surface area contributed by atoms with Crippen LogP contribution in [0.2, 0.25) is 5.02 Å². The molecule has 0 unspecified atom stereocenters. The number of rotatable bonds is 2. The molecule has 0 spiro atoms. The van der Waals surface area contributed by atoms with Crippen LogP contribution in [0.1, 0.15) is 43.6 Å². The van der Waals surface area contributed by atoms with Crippen molar-refractivity contribution >= 4 is 29.3 Å². The van der Waals surface area contributed by atoms with Crippen LogP contribution in [0, 0.1) is 0 Å². The summed E-state index contributed by atoms with van der Waals surface area (Å²) in [5.41, 5.74) is 3.45. The van der Waals surface area contributed by atoms with Gasteiger partial charge in [0.1, 0.15) is 5.60 Å². The second-order valence-corrected chi connectivity index (χ2v) is 9.97. The third-order valence-electron chi connectivity index (χ3n) is 5.78. The SMILES string of the molecule is C[C@@H]1CN(C(=O)c2ccc(-c3ccccc3)cc2Cl)c2ccccc2CN1C(=O)OC(C)(C)C. The molecule has 3 aromatic carbocycles. The number of amides is 2. The van der Waals surface area contributed by atoms with Crippen LogP contribution in [0.3, 0.4) is 0 Å². The number of hydrogen-bond donors (Lipinski definition) is 0. The number of carbonyl (C=O) groups excluding carboxylic acids is 2. The molecule has 34 heavy (non-hydrogen) atoms. The number of benzene rings is 3. The Kier molecular flexibility index (Phi) is 6.67.